The van der Waals surface area contributed by atoms with E-state index in [2.05, 4.69) is 9.64 Å². The summed E-state index contributed by atoms with van der Waals surface area (Å²) in [4.78, 5) is 25.8. The smallest absolute Gasteiger partial charge is 0.337 e. The third-order valence-electron chi connectivity index (χ3n) is 4.09. The molecule has 3 saturated heterocycles. The van der Waals surface area contributed by atoms with Crippen molar-refractivity contribution in [1.29, 1.82) is 0 Å². The van der Waals surface area contributed by atoms with Crippen molar-refractivity contribution in [2.45, 2.75) is 12.8 Å². The van der Waals surface area contributed by atoms with Gasteiger partial charge in [0.25, 0.3) is 0 Å². The number of carbonyl (C=O) groups is 2. The summed E-state index contributed by atoms with van der Waals surface area (Å²) in [5, 5.41) is 0. The molecule has 3 aliphatic heterocycles. The van der Waals surface area contributed by atoms with Crippen molar-refractivity contribution in [2.24, 2.45) is 5.92 Å². The van der Waals surface area contributed by atoms with Crippen molar-refractivity contribution < 1.29 is 14.3 Å². The first-order valence-corrected chi connectivity index (χ1v) is 6.88. The third-order valence-corrected chi connectivity index (χ3v) is 4.09. The van der Waals surface area contributed by atoms with Gasteiger partial charge in [0, 0.05) is 19.0 Å². The van der Waals surface area contributed by atoms with Crippen LogP contribution in [0.4, 0.5) is 0 Å². The number of fused-ring (bicyclic) bond motifs is 3. The Labute approximate surface area is 118 Å². The Morgan fingerprint density at radius 2 is 1.90 bits per heavy atom. The number of carbonyl (C=O) groups excluding carboxylic acids is 2. The summed E-state index contributed by atoms with van der Waals surface area (Å²) in [6, 6.07) is 7.13. The monoisotopic (exact) mass is 271 g/mol. The van der Waals surface area contributed by atoms with Gasteiger partial charge in [-0.05, 0) is 36.6 Å². The van der Waals surface area contributed by atoms with Gasteiger partial charge in [0.15, 0.2) is 5.78 Å². The van der Waals surface area contributed by atoms with Crippen molar-refractivity contribution in [2.75, 3.05) is 20.2 Å². The highest BCUT2D eigenvalue weighted by Gasteiger charge is 2.36. The van der Waals surface area contributed by atoms with E-state index in [1.807, 2.05) is 18.2 Å². The largest absolute Gasteiger partial charge is 0.465 e. The van der Waals surface area contributed by atoms with Crippen LogP contribution < -0.4 is 0 Å². The maximum Gasteiger partial charge on any atom is 0.337 e. The molecule has 4 rings (SSSR count). The Hall–Kier alpha value is -2.10. The highest BCUT2D eigenvalue weighted by atomic mass is 16.5. The van der Waals surface area contributed by atoms with Crippen LogP contribution in [-0.2, 0) is 9.53 Å². The predicted molar refractivity (Wildman–Crippen MR) is 75.1 cm³/mol. The number of methoxy groups -OCH3 is 1. The molecule has 0 unspecified atom stereocenters. The first kappa shape index (κ1) is 12.9. The molecule has 0 aliphatic carbocycles. The fourth-order valence-electron chi connectivity index (χ4n) is 2.90. The summed E-state index contributed by atoms with van der Waals surface area (Å²) >= 11 is 0. The number of Topliss-reactive ketones (excluding diaryl/α,β-unsaturated/α-hetero) is 1. The van der Waals surface area contributed by atoms with Crippen molar-refractivity contribution in [3.05, 3.63) is 41.1 Å². The molecule has 0 saturated carbocycles. The summed E-state index contributed by atoms with van der Waals surface area (Å²) in [6.45, 7) is 1.95. The first-order valence-electron chi connectivity index (χ1n) is 6.88. The van der Waals surface area contributed by atoms with Gasteiger partial charge >= 0.3 is 5.97 Å². The zero-order valence-corrected chi connectivity index (χ0v) is 11.5. The van der Waals surface area contributed by atoms with E-state index in [-0.39, 0.29) is 17.7 Å². The summed E-state index contributed by atoms with van der Waals surface area (Å²) in [6.07, 6.45) is 3.89. The molecule has 4 heteroatoms. The van der Waals surface area contributed by atoms with Gasteiger partial charge < -0.3 is 9.64 Å². The molecule has 104 valence electrons. The zero-order chi connectivity index (χ0) is 14.1. The lowest BCUT2D eigenvalue weighted by Crippen LogP contribution is -2.45. The molecule has 3 fully saturated rings. The van der Waals surface area contributed by atoms with Gasteiger partial charge in [0.1, 0.15) is 0 Å². The number of nitrogens with zero attached hydrogens (tertiary/aromatic N) is 1. The summed E-state index contributed by atoms with van der Waals surface area (Å²) in [7, 11) is 1.36. The Morgan fingerprint density at radius 1 is 1.25 bits per heavy atom. The highest BCUT2D eigenvalue weighted by Crippen LogP contribution is 2.32. The fraction of sp³-hybridized carbons (Fsp3) is 0.375. The number of esters is 1. The van der Waals surface area contributed by atoms with Crippen LogP contribution >= 0.6 is 0 Å². The van der Waals surface area contributed by atoms with Crippen molar-refractivity contribution in [3.8, 4) is 0 Å². The van der Waals surface area contributed by atoms with Gasteiger partial charge in [0.2, 0.25) is 0 Å². The second-order valence-corrected chi connectivity index (χ2v) is 5.27. The average Bonchev–Trinajstić information content (AvgIpc) is 2.51. The fourth-order valence-corrected chi connectivity index (χ4v) is 2.90. The van der Waals surface area contributed by atoms with Gasteiger partial charge in [-0.25, -0.2) is 4.79 Å². The molecule has 0 N–H and O–H groups in total. The summed E-state index contributed by atoms with van der Waals surface area (Å²) in [5.74, 6) is 0.126. The first-order chi connectivity index (χ1) is 9.69. The Kier molecular flexibility index (Phi) is 3.30. The van der Waals surface area contributed by atoms with Gasteiger partial charge in [0.05, 0.1) is 18.4 Å². The number of hydrogen-bond acceptors (Lipinski definition) is 4. The van der Waals surface area contributed by atoms with E-state index < -0.39 is 0 Å². The van der Waals surface area contributed by atoms with Crippen molar-refractivity contribution >= 4 is 17.8 Å². The number of piperidine rings is 3. The van der Waals surface area contributed by atoms with Crippen LogP contribution in [0.15, 0.2) is 30.0 Å². The number of allylic oxidation sites excluding steroid dienone is 1. The molecule has 3 heterocycles. The Balaban J connectivity index is 1.85. The molecule has 0 atom stereocenters. The molecule has 1 aromatic rings. The standard InChI is InChI=1S/C16H17NO3/c1-20-16(19)13-4-2-11(3-5-13)10-14-15(18)12-6-8-17(14)9-7-12/h2-5,10,12H,6-9H2,1H3/b14-10-. The molecule has 3 aliphatic rings. The maximum atomic E-state index is 12.2. The van der Waals surface area contributed by atoms with E-state index in [0.717, 1.165) is 37.2 Å². The highest BCUT2D eigenvalue weighted by molar-refractivity contribution is 6.02. The van der Waals surface area contributed by atoms with Crippen LogP contribution in [0.5, 0.6) is 0 Å². The SMILES string of the molecule is COC(=O)c1ccc(/C=C2/C(=O)C3CCN2CC3)cc1. The lowest BCUT2D eigenvalue weighted by Gasteiger charge is -2.41. The van der Waals surface area contributed by atoms with E-state index in [0.29, 0.717) is 5.56 Å². The average molecular weight is 271 g/mol. The van der Waals surface area contributed by atoms with Gasteiger partial charge in [-0.2, -0.15) is 0 Å². The third kappa shape index (κ3) is 2.22. The lowest BCUT2D eigenvalue weighted by molar-refractivity contribution is -0.125. The topological polar surface area (TPSA) is 46.6 Å². The number of benzene rings is 1. The second kappa shape index (κ2) is 5.12. The van der Waals surface area contributed by atoms with Crippen LogP contribution in [0.2, 0.25) is 0 Å². The number of rotatable bonds is 2. The van der Waals surface area contributed by atoms with Crippen LogP contribution in [0.3, 0.4) is 0 Å². The summed E-state index contributed by atoms with van der Waals surface area (Å²) in [5.41, 5.74) is 2.28. The quantitative estimate of drug-likeness (QED) is 0.610. The second-order valence-electron chi connectivity index (χ2n) is 5.27. The van der Waals surface area contributed by atoms with E-state index in [4.69, 9.17) is 0 Å². The molecule has 0 aromatic heterocycles. The predicted octanol–water partition coefficient (Wildman–Crippen LogP) is 2.11. The normalized spacial score (nSPS) is 20.6. The minimum atomic E-state index is -0.347. The molecule has 1 aromatic carbocycles. The van der Waals surface area contributed by atoms with Crippen LogP contribution in [0.1, 0.15) is 28.8 Å². The molecule has 20 heavy (non-hydrogen) atoms. The number of ketones is 1. The van der Waals surface area contributed by atoms with Gasteiger partial charge in [-0.15, -0.1) is 0 Å². The minimum Gasteiger partial charge on any atom is -0.465 e. The van der Waals surface area contributed by atoms with Crippen LogP contribution in [-0.4, -0.2) is 36.9 Å². The van der Waals surface area contributed by atoms with Crippen LogP contribution in [0.25, 0.3) is 6.08 Å². The van der Waals surface area contributed by atoms with Crippen LogP contribution in [0, 0.1) is 5.92 Å². The lowest BCUT2D eigenvalue weighted by atomic mass is 9.84. The molecule has 0 spiro atoms. The van der Waals surface area contributed by atoms with E-state index in [9.17, 15) is 9.59 Å². The summed E-state index contributed by atoms with van der Waals surface area (Å²) < 4.78 is 4.67. The molecule has 0 amide bonds. The maximum absolute atomic E-state index is 12.2. The molecular formula is C16H17NO3. The number of hydrogen-bond donors (Lipinski definition) is 0. The van der Waals surface area contributed by atoms with Gasteiger partial charge in [-0.3, -0.25) is 4.79 Å². The zero-order valence-electron chi connectivity index (χ0n) is 11.5. The molecule has 2 bridgehead atoms. The molecular weight excluding hydrogens is 254 g/mol. The van der Waals surface area contributed by atoms with Crippen molar-refractivity contribution in [3.63, 3.8) is 0 Å². The van der Waals surface area contributed by atoms with Gasteiger partial charge in [-0.1, -0.05) is 12.1 Å². The molecule has 0 radical (unpaired) electrons. The van der Waals surface area contributed by atoms with E-state index >= 15 is 0 Å². The Morgan fingerprint density at radius 3 is 2.45 bits per heavy atom. The molecule has 4 nitrogen and oxygen atoms in total. The van der Waals surface area contributed by atoms with E-state index in [1.54, 1.807) is 12.1 Å². The minimum absolute atomic E-state index is 0.209. The van der Waals surface area contributed by atoms with Crippen molar-refractivity contribution in [1.82, 2.24) is 4.90 Å². The Bertz CT molecular complexity index is 566. The number of ether oxygens (including phenoxy) is 1. The van der Waals surface area contributed by atoms with E-state index in [1.165, 1.54) is 7.11 Å².